The molecule has 0 unspecified atom stereocenters. The van der Waals surface area contributed by atoms with E-state index >= 15 is 0 Å². The fraction of sp³-hybridized carbons (Fsp3) is 0.250. The van der Waals surface area contributed by atoms with Gasteiger partial charge in [-0.3, -0.25) is 9.97 Å². The van der Waals surface area contributed by atoms with E-state index < -0.39 is 0 Å². The van der Waals surface area contributed by atoms with Crippen LogP contribution in [0.5, 0.6) is 0 Å². The van der Waals surface area contributed by atoms with Crippen LogP contribution in [0.2, 0.25) is 0 Å². The maximum Gasteiger partial charge on any atom is 0.0814 e. The van der Waals surface area contributed by atoms with Gasteiger partial charge in [-0.05, 0) is 43.4 Å². The Morgan fingerprint density at radius 2 is 1.89 bits per heavy atom. The van der Waals surface area contributed by atoms with Crippen molar-refractivity contribution in [2.45, 2.75) is 25.7 Å². The highest BCUT2D eigenvalue weighted by Gasteiger charge is 2.13. The zero-order valence-electron chi connectivity index (χ0n) is 10.2. The SMILES string of the molecule is c1ccc2c(c1)ncc1cc3c(nc12)CCCC3. The number of aromatic nitrogens is 2. The Balaban J connectivity index is 2.12. The number of aryl methyl sites for hydroxylation is 2. The molecule has 2 aromatic heterocycles. The molecule has 88 valence electrons. The lowest BCUT2D eigenvalue weighted by molar-refractivity contribution is 0.671. The summed E-state index contributed by atoms with van der Waals surface area (Å²) in [5.74, 6) is 0. The van der Waals surface area contributed by atoms with Crippen molar-refractivity contribution in [1.29, 1.82) is 0 Å². The first-order valence-electron chi connectivity index (χ1n) is 6.58. The summed E-state index contributed by atoms with van der Waals surface area (Å²) in [7, 11) is 0. The minimum absolute atomic E-state index is 1.04. The number of fused-ring (bicyclic) bond motifs is 4. The normalized spacial score (nSPS) is 14.9. The van der Waals surface area contributed by atoms with Gasteiger partial charge < -0.3 is 0 Å². The van der Waals surface area contributed by atoms with E-state index in [2.05, 4.69) is 29.2 Å². The highest BCUT2D eigenvalue weighted by atomic mass is 14.7. The predicted octanol–water partition coefficient (Wildman–Crippen LogP) is 3.66. The molecule has 0 N–H and O–H groups in total. The molecule has 1 aliphatic rings. The fourth-order valence-electron chi connectivity index (χ4n) is 2.89. The average molecular weight is 234 g/mol. The lowest BCUT2D eigenvalue weighted by atomic mass is 9.94. The molecule has 2 heteroatoms. The van der Waals surface area contributed by atoms with Crippen molar-refractivity contribution in [3.8, 4) is 0 Å². The second-order valence-electron chi connectivity index (χ2n) is 5.01. The van der Waals surface area contributed by atoms with Crippen LogP contribution in [0, 0.1) is 0 Å². The van der Waals surface area contributed by atoms with Crippen molar-refractivity contribution in [2.75, 3.05) is 0 Å². The number of para-hydroxylation sites is 1. The topological polar surface area (TPSA) is 25.8 Å². The summed E-state index contributed by atoms with van der Waals surface area (Å²) >= 11 is 0. The molecular formula is C16H14N2. The van der Waals surface area contributed by atoms with E-state index in [4.69, 9.17) is 4.98 Å². The van der Waals surface area contributed by atoms with Crippen molar-refractivity contribution in [1.82, 2.24) is 9.97 Å². The van der Waals surface area contributed by atoms with Crippen molar-refractivity contribution in [2.24, 2.45) is 0 Å². The van der Waals surface area contributed by atoms with Gasteiger partial charge in [0.1, 0.15) is 0 Å². The van der Waals surface area contributed by atoms with Gasteiger partial charge in [-0.1, -0.05) is 18.2 Å². The van der Waals surface area contributed by atoms with Gasteiger partial charge in [-0.15, -0.1) is 0 Å². The summed E-state index contributed by atoms with van der Waals surface area (Å²) in [6, 6.07) is 10.5. The Morgan fingerprint density at radius 3 is 2.89 bits per heavy atom. The van der Waals surface area contributed by atoms with Crippen molar-refractivity contribution in [3.63, 3.8) is 0 Å². The molecule has 0 spiro atoms. The summed E-state index contributed by atoms with van der Waals surface area (Å²) in [6.07, 6.45) is 6.82. The monoisotopic (exact) mass is 234 g/mol. The molecule has 2 heterocycles. The van der Waals surface area contributed by atoms with Crippen molar-refractivity contribution in [3.05, 3.63) is 47.8 Å². The number of pyridine rings is 2. The van der Waals surface area contributed by atoms with Crippen LogP contribution < -0.4 is 0 Å². The van der Waals surface area contributed by atoms with E-state index in [9.17, 15) is 0 Å². The number of hydrogen-bond acceptors (Lipinski definition) is 2. The molecule has 0 saturated heterocycles. The standard InChI is InChI=1S/C16H14N2/c1-3-7-14-11(5-1)9-12-10-17-15-8-4-2-6-13(15)16(12)18-14/h2,4,6,8-10H,1,3,5,7H2. The summed E-state index contributed by atoms with van der Waals surface area (Å²) in [4.78, 5) is 9.42. The fourth-order valence-corrected chi connectivity index (χ4v) is 2.89. The highest BCUT2D eigenvalue weighted by Crippen LogP contribution is 2.27. The molecule has 2 nitrogen and oxygen atoms in total. The molecule has 1 aliphatic carbocycles. The average Bonchev–Trinajstić information content (AvgIpc) is 2.45. The summed E-state index contributed by atoms with van der Waals surface area (Å²) in [6.45, 7) is 0. The molecule has 0 saturated carbocycles. The van der Waals surface area contributed by atoms with Crippen LogP contribution in [0.4, 0.5) is 0 Å². The van der Waals surface area contributed by atoms with E-state index in [1.54, 1.807) is 0 Å². The van der Waals surface area contributed by atoms with Crippen LogP contribution >= 0.6 is 0 Å². The molecule has 0 radical (unpaired) electrons. The van der Waals surface area contributed by atoms with Crippen LogP contribution in [-0.2, 0) is 12.8 Å². The van der Waals surface area contributed by atoms with Crippen LogP contribution in [0.25, 0.3) is 21.8 Å². The van der Waals surface area contributed by atoms with Gasteiger partial charge in [0.25, 0.3) is 0 Å². The minimum Gasteiger partial charge on any atom is -0.255 e. The third-order valence-corrected chi connectivity index (χ3v) is 3.83. The first-order chi connectivity index (χ1) is 8.92. The lowest BCUT2D eigenvalue weighted by Crippen LogP contribution is -2.05. The molecule has 4 rings (SSSR count). The Labute approximate surface area is 106 Å². The van der Waals surface area contributed by atoms with Gasteiger partial charge in [0.15, 0.2) is 0 Å². The summed E-state index contributed by atoms with van der Waals surface area (Å²) < 4.78 is 0. The van der Waals surface area contributed by atoms with E-state index in [0.29, 0.717) is 0 Å². The largest absolute Gasteiger partial charge is 0.255 e. The van der Waals surface area contributed by atoms with Gasteiger partial charge in [0.05, 0.1) is 11.0 Å². The lowest BCUT2D eigenvalue weighted by Gasteiger charge is -2.15. The minimum atomic E-state index is 1.04. The molecule has 0 bridgehead atoms. The van der Waals surface area contributed by atoms with Crippen LogP contribution in [0.15, 0.2) is 36.5 Å². The van der Waals surface area contributed by atoms with E-state index in [0.717, 1.165) is 17.5 Å². The number of benzene rings is 1. The molecule has 1 aromatic carbocycles. The van der Waals surface area contributed by atoms with Gasteiger partial charge in [0, 0.05) is 22.7 Å². The van der Waals surface area contributed by atoms with Crippen molar-refractivity contribution < 1.29 is 0 Å². The molecule has 18 heavy (non-hydrogen) atoms. The number of rotatable bonds is 0. The molecule has 0 atom stereocenters. The van der Waals surface area contributed by atoms with Gasteiger partial charge in [-0.2, -0.15) is 0 Å². The predicted molar refractivity (Wildman–Crippen MR) is 73.7 cm³/mol. The van der Waals surface area contributed by atoms with E-state index in [-0.39, 0.29) is 0 Å². The number of nitrogens with zero attached hydrogens (tertiary/aromatic N) is 2. The van der Waals surface area contributed by atoms with Gasteiger partial charge >= 0.3 is 0 Å². The first kappa shape index (κ1) is 10.0. The summed E-state index contributed by atoms with van der Waals surface area (Å²) in [5.41, 5.74) is 4.87. The molecule has 0 amide bonds. The maximum atomic E-state index is 4.90. The van der Waals surface area contributed by atoms with Crippen molar-refractivity contribution >= 4 is 21.8 Å². The second-order valence-corrected chi connectivity index (χ2v) is 5.01. The Hall–Kier alpha value is -1.96. The Bertz CT molecular complexity index is 747. The molecule has 3 aromatic rings. The first-order valence-corrected chi connectivity index (χ1v) is 6.58. The smallest absolute Gasteiger partial charge is 0.0814 e. The Kier molecular flexibility index (Phi) is 2.10. The third-order valence-electron chi connectivity index (χ3n) is 3.83. The van der Waals surface area contributed by atoms with Crippen LogP contribution in [0.1, 0.15) is 24.1 Å². The van der Waals surface area contributed by atoms with Gasteiger partial charge in [-0.25, -0.2) is 0 Å². The molecule has 0 fully saturated rings. The third kappa shape index (κ3) is 1.42. The quantitative estimate of drug-likeness (QED) is 0.555. The highest BCUT2D eigenvalue weighted by molar-refractivity contribution is 6.02. The maximum absolute atomic E-state index is 4.90. The van der Waals surface area contributed by atoms with Crippen LogP contribution in [-0.4, -0.2) is 9.97 Å². The number of hydrogen-bond donors (Lipinski definition) is 0. The van der Waals surface area contributed by atoms with E-state index in [1.165, 1.54) is 41.3 Å². The zero-order valence-corrected chi connectivity index (χ0v) is 10.2. The summed E-state index contributed by atoms with van der Waals surface area (Å²) in [5, 5.41) is 2.35. The van der Waals surface area contributed by atoms with Gasteiger partial charge in [0.2, 0.25) is 0 Å². The second kappa shape index (κ2) is 3.77. The molecule has 0 aliphatic heterocycles. The zero-order chi connectivity index (χ0) is 11.9. The van der Waals surface area contributed by atoms with E-state index in [1.807, 2.05) is 12.3 Å². The Morgan fingerprint density at radius 1 is 1.00 bits per heavy atom. The van der Waals surface area contributed by atoms with Crippen LogP contribution in [0.3, 0.4) is 0 Å². The molecular weight excluding hydrogens is 220 g/mol.